The molecule has 0 rings (SSSR count). The largest absolute Gasteiger partial charge is 0.512 e. The first-order chi connectivity index (χ1) is 2.00. The zero-order valence-corrected chi connectivity index (χ0v) is 8.31. The van der Waals surface area contributed by atoms with Gasteiger partial charge >= 0.3 is 0 Å². The van der Waals surface area contributed by atoms with Crippen LogP contribution in [0.5, 0.6) is 0 Å². The Morgan fingerprint density at radius 3 is 1.33 bits per heavy atom. The second-order valence-corrected chi connectivity index (χ2v) is 0. The summed E-state index contributed by atoms with van der Waals surface area (Å²) >= 11 is 0. The molecule has 0 bridgehead atoms. The van der Waals surface area contributed by atoms with E-state index in [0.29, 0.717) is 0 Å². The molecular weight excluding hydrogens is 308 g/mol. The summed E-state index contributed by atoms with van der Waals surface area (Å²) in [5.74, 6) is 0. The topological polar surface area (TPSA) is 44.0 Å². The normalized spacial score (nSPS) is 1.33. The van der Waals surface area contributed by atoms with Crippen molar-refractivity contribution in [2.75, 3.05) is 0 Å². The van der Waals surface area contributed by atoms with E-state index in [0.717, 1.165) is 0 Å². The third-order valence-corrected chi connectivity index (χ3v) is 0. The summed E-state index contributed by atoms with van der Waals surface area (Å²) in [7, 11) is 1.42. The summed E-state index contributed by atoms with van der Waals surface area (Å²) in [5, 5.41) is 6.25. The van der Waals surface area contributed by atoms with Crippen molar-refractivity contribution in [3.8, 4) is 0 Å². The van der Waals surface area contributed by atoms with Gasteiger partial charge in [0.1, 0.15) is 0 Å². The Balaban J connectivity index is -0.00000000500. The maximum Gasteiger partial charge on any atom is 0 e. The van der Waals surface area contributed by atoms with Gasteiger partial charge in [-0.3, -0.25) is 0 Å². The molecule has 0 aliphatic heterocycles. The van der Waals surface area contributed by atoms with Gasteiger partial charge < -0.3 is 16.7 Å². The van der Waals surface area contributed by atoms with Crippen molar-refractivity contribution in [2.24, 2.45) is 0 Å². The van der Waals surface area contributed by atoms with E-state index in [2.05, 4.69) is 0 Å². The molecule has 0 aromatic rings. The van der Waals surface area contributed by atoms with Crippen molar-refractivity contribution >= 4 is 9.47 Å². The zero-order valence-electron chi connectivity index (χ0n) is 2.83. The van der Waals surface area contributed by atoms with Crippen molar-refractivity contribution in [1.29, 1.82) is 5.26 Å². The Morgan fingerprint density at radius 2 is 1.33 bits per heavy atom. The van der Waals surface area contributed by atoms with Gasteiger partial charge in [0, 0.05) is 39.6 Å². The second-order valence-electron chi connectivity index (χ2n) is 0. The van der Waals surface area contributed by atoms with Gasteiger partial charge in [0.25, 0.3) is 0 Å². The molecule has 0 aromatic carbocycles. The third-order valence-electron chi connectivity index (χ3n) is 0. The van der Waals surface area contributed by atoms with Gasteiger partial charge in [-0.2, -0.15) is 0 Å². The van der Waals surface area contributed by atoms with Crippen molar-refractivity contribution in [1.82, 2.24) is 0 Å². The van der Waals surface area contributed by atoms with Gasteiger partial charge in [0.2, 0.25) is 0 Å². The van der Waals surface area contributed by atoms with Gasteiger partial charge in [-0.05, 0) is 9.47 Å². The molecule has 5 heteroatoms. The van der Waals surface area contributed by atoms with Gasteiger partial charge in [-0.15, -0.1) is 0 Å². The Kier molecular flexibility index (Phi) is 558. The minimum Gasteiger partial charge on any atom is -0.512 e. The minimum atomic E-state index is 0. The van der Waals surface area contributed by atoms with E-state index in [1.165, 1.54) is 9.47 Å². The SMILES string of the molecule is OP.[C-]#N.[V].[W]. The fraction of sp³-hybridized carbons (Fsp3) is 0. The summed E-state index contributed by atoms with van der Waals surface area (Å²) in [6, 6.07) is 0. The fourth-order valence-electron chi connectivity index (χ4n) is 0. The first-order valence-corrected chi connectivity index (χ1v) is 0.998. The molecule has 1 radical (unpaired) electrons. The first kappa shape index (κ1) is 27.2. The van der Waals surface area contributed by atoms with Crippen LogP contribution in [0, 0.1) is 11.8 Å². The number of rotatable bonds is 0. The molecule has 0 aliphatic rings. The summed E-state index contributed by atoms with van der Waals surface area (Å²) in [6.07, 6.45) is 0. The average Bonchev–Trinajstić information content (AvgIpc) is 1.50. The van der Waals surface area contributed by atoms with E-state index >= 15 is 0 Å². The zero-order chi connectivity index (χ0) is 4.00. The molecule has 2 nitrogen and oxygen atoms in total. The molecule has 35 valence electrons. The molecule has 0 heterocycles. The third kappa shape index (κ3) is 66.9. The molecule has 0 spiro atoms. The predicted molar refractivity (Wildman–Crippen MR) is 16.9 cm³/mol. The second kappa shape index (κ2) is 123. The number of hydrogen-bond acceptors (Lipinski definition) is 2. The molecule has 0 amide bonds. The first-order valence-electron chi connectivity index (χ1n) is 0.482. The average molecular weight is 311 g/mol. The van der Waals surface area contributed by atoms with E-state index in [1.54, 1.807) is 0 Å². The monoisotopic (exact) mass is 311 g/mol. The van der Waals surface area contributed by atoms with Crippen molar-refractivity contribution in [2.45, 2.75) is 0 Å². The molecule has 1 unspecified atom stereocenters. The van der Waals surface area contributed by atoms with E-state index in [4.69, 9.17) is 16.7 Å². The van der Waals surface area contributed by atoms with E-state index < -0.39 is 0 Å². The molecule has 0 saturated heterocycles. The minimum absolute atomic E-state index is 0. The maximum absolute atomic E-state index is 6.92. The van der Waals surface area contributed by atoms with E-state index in [1.807, 2.05) is 0 Å². The quantitative estimate of drug-likeness (QED) is 0.500. The molecular formula is CH3NOPVW-. The van der Waals surface area contributed by atoms with Crippen LogP contribution in [-0.2, 0) is 39.6 Å². The van der Waals surface area contributed by atoms with Crippen molar-refractivity contribution < 1.29 is 44.5 Å². The fourth-order valence-corrected chi connectivity index (χ4v) is 0. The van der Waals surface area contributed by atoms with Crippen LogP contribution in [0.15, 0.2) is 0 Å². The molecule has 0 saturated carbocycles. The molecule has 0 aromatic heterocycles. The predicted octanol–water partition coefficient (Wildman–Crippen LogP) is -0.140. The Hall–Kier alpha value is 1.15. The van der Waals surface area contributed by atoms with Crippen LogP contribution in [0.2, 0.25) is 0 Å². The summed E-state index contributed by atoms with van der Waals surface area (Å²) in [5.41, 5.74) is 0. The molecule has 0 aliphatic carbocycles. The number of hydrogen-bond donors (Lipinski definition) is 1. The molecule has 1 atom stereocenters. The summed E-state index contributed by atoms with van der Waals surface area (Å²) < 4.78 is 0. The molecule has 1 N–H and O–H groups in total. The summed E-state index contributed by atoms with van der Waals surface area (Å²) in [6.45, 7) is 4.75. The van der Waals surface area contributed by atoms with Crippen LogP contribution in [0.1, 0.15) is 0 Å². The maximum atomic E-state index is 6.92. The van der Waals surface area contributed by atoms with Crippen LogP contribution in [0.3, 0.4) is 0 Å². The van der Waals surface area contributed by atoms with E-state index in [9.17, 15) is 0 Å². The van der Waals surface area contributed by atoms with Gasteiger partial charge in [-0.25, -0.2) is 0 Å². The van der Waals surface area contributed by atoms with Crippen molar-refractivity contribution in [3.05, 3.63) is 6.57 Å². The van der Waals surface area contributed by atoms with E-state index in [-0.39, 0.29) is 39.6 Å². The van der Waals surface area contributed by atoms with Crippen LogP contribution in [-0.4, -0.2) is 4.89 Å². The molecule has 0 fully saturated rings. The van der Waals surface area contributed by atoms with Gasteiger partial charge in [0.15, 0.2) is 0 Å². The standard InChI is InChI=1S/CN.H3OP.V.W/c2*1-2;;/h;1H,2H2;;/q-1;;;. The van der Waals surface area contributed by atoms with Crippen LogP contribution < -0.4 is 0 Å². The summed E-state index contributed by atoms with van der Waals surface area (Å²) in [4.78, 5) is 6.92. The van der Waals surface area contributed by atoms with Crippen molar-refractivity contribution in [3.63, 3.8) is 0 Å². The molecule has 6 heavy (non-hydrogen) atoms. The van der Waals surface area contributed by atoms with Crippen LogP contribution in [0.4, 0.5) is 0 Å². The van der Waals surface area contributed by atoms with Gasteiger partial charge in [-0.1, -0.05) is 0 Å². The number of nitrogens with zero attached hydrogens (tertiary/aromatic N) is 1. The Labute approximate surface area is 65.7 Å². The smallest absolute Gasteiger partial charge is 0 e. The Morgan fingerprint density at radius 1 is 1.33 bits per heavy atom. The van der Waals surface area contributed by atoms with Crippen LogP contribution in [0.25, 0.3) is 0 Å². The Bertz CT molecular complexity index is 20.3. The van der Waals surface area contributed by atoms with Crippen LogP contribution >= 0.6 is 9.47 Å². The van der Waals surface area contributed by atoms with Gasteiger partial charge in [0.05, 0.1) is 0 Å².